The minimum absolute atomic E-state index is 0.558. The van der Waals surface area contributed by atoms with Crippen molar-refractivity contribution < 1.29 is 0 Å². The topological polar surface area (TPSA) is 92.3 Å². The van der Waals surface area contributed by atoms with E-state index < -0.39 is 0 Å². The number of aryl methyl sites for hydroxylation is 1. The molecule has 0 saturated heterocycles. The summed E-state index contributed by atoms with van der Waals surface area (Å²) in [6, 6.07) is 1.86. The average Bonchev–Trinajstić information content (AvgIpc) is 2.87. The third kappa shape index (κ3) is 2.55. The van der Waals surface area contributed by atoms with E-state index in [1.165, 1.54) is 11.8 Å². The van der Waals surface area contributed by atoms with Gasteiger partial charge in [0.2, 0.25) is 5.95 Å². The fourth-order valence-corrected chi connectivity index (χ4v) is 2.54. The normalized spacial score (nSPS) is 10.9. The van der Waals surface area contributed by atoms with E-state index in [0.29, 0.717) is 16.8 Å². The summed E-state index contributed by atoms with van der Waals surface area (Å²) in [6.07, 6.45) is 3.34. The van der Waals surface area contributed by atoms with Crippen LogP contribution in [0.1, 0.15) is 12.6 Å². The van der Waals surface area contributed by atoms with Crippen LogP contribution in [0.25, 0.3) is 11.2 Å². The number of H-pyrrole nitrogens is 1. The number of anilines is 1. The van der Waals surface area contributed by atoms with Crippen LogP contribution < -0.4 is 5.32 Å². The van der Waals surface area contributed by atoms with Crippen LogP contribution in [-0.4, -0.2) is 36.4 Å². The second kappa shape index (κ2) is 5.41. The maximum absolute atomic E-state index is 4.48. The third-order valence-corrected chi connectivity index (χ3v) is 3.42. The first-order chi connectivity index (χ1) is 9.76. The molecule has 0 amide bonds. The van der Waals surface area contributed by atoms with Gasteiger partial charge in [-0.15, -0.1) is 0 Å². The van der Waals surface area contributed by atoms with E-state index in [2.05, 4.69) is 35.2 Å². The van der Waals surface area contributed by atoms with Gasteiger partial charge in [0.25, 0.3) is 0 Å². The van der Waals surface area contributed by atoms with Gasteiger partial charge < -0.3 is 10.3 Å². The van der Waals surface area contributed by atoms with Crippen LogP contribution in [0.2, 0.25) is 0 Å². The first kappa shape index (κ1) is 12.8. The van der Waals surface area contributed by atoms with Crippen molar-refractivity contribution in [1.82, 2.24) is 29.9 Å². The Morgan fingerprint density at radius 3 is 2.95 bits per heavy atom. The van der Waals surface area contributed by atoms with Gasteiger partial charge in [-0.1, -0.05) is 0 Å². The largest absolute Gasteiger partial charge is 0.354 e. The number of nitrogens with one attached hydrogen (secondary N) is 2. The average molecular weight is 287 g/mol. The lowest BCUT2D eigenvalue weighted by Crippen LogP contribution is -2.03. The summed E-state index contributed by atoms with van der Waals surface area (Å²) in [4.78, 5) is 24.6. The molecule has 3 heterocycles. The fraction of sp³-hybridized carbons (Fsp3) is 0.250. The van der Waals surface area contributed by atoms with Crippen molar-refractivity contribution in [3.05, 3.63) is 24.3 Å². The van der Waals surface area contributed by atoms with Crippen molar-refractivity contribution in [1.29, 1.82) is 0 Å². The zero-order valence-electron chi connectivity index (χ0n) is 11.1. The van der Waals surface area contributed by atoms with Crippen molar-refractivity contribution in [2.24, 2.45) is 0 Å². The maximum Gasteiger partial charge on any atom is 0.225 e. The number of hydrogen-bond acceptors (Lipinski definition) is 7. The standard InChI is InChI=1S/C12H13N7S/c1-3-13-11-18-9-8(15-6-16-9)10(19-11)20-12-14-5-4-7(2)17-12/h4-6H,3H2,1-2H3,(H2,13,15,16,18,19). The van der Waals surface area contributed by atoms with Crippen molar-refractivity contribution >= 4 is 28.9 Å². The molecule has 20 heavy (non-hydrogen) atoms. The highest BCUT2D eigenvalue weighted by molar-refractivity contribution is 7.99. The van der Waals surface area contributed by atoms with Gasteiger partial charge in [-0.25, -0.2) is 19.9 Å². The number of fused-ring (bicyclic) bond motifs is 1. The van der Waals surface area contributed by atoms with E-state index in [1.54, 1.807) is 12.5 Å². The summed E-state index contributed by atoms with van der Waals surface area (Å²) >= 11 is 1.39. The molecule has 3 aromatic rings. The predicted molar refractivity (Wildman–Crippen MR) is 76.7 cm³/mol. The van der Waals surface area contributed by atoms with Gasteiger partial charge in [-0.05, 0) is 31.7 Å². The van der Waals surface area contributed by atoms with Gasteiger partial charge in [-0.2, -0.15) is 4.98 Å². The monoisotopic (exact) mass is 287 g/mol. The van der Waals surface area contributed by atoms with Gasteiger partial charge in [0.05, 0.1) is 6.33 Å². The lowest BCUT2D eigenvalue weighted by atomic mass is 10.5. The Balaban J connectivity index is 2.02. The highest BCUT2D eigenvalue weighted by Gasteiger charge is 2.12. The first-order valence-corrected chi connectivity index (χ1v) is 7.00. The van der Waals surface area contributed by atoms with Crippen molar-refractivity contribution in [3.8, 4) is 0 Å². The molecule has 0 aliphatic heterocycles. The second-order valence-corrected chi connectivity index (χ2v) is 5.02. The Morgan fingerprint density at radius 1 is 1.25 bits per heavy atom. The van der Waals surface area contributed by atoms with Gasteiger partial charge in [-0.3, -0.25) is 0 Å². The zero-order chi connectivity index (χ0) is 13.9. The van der Waals surface area contributed by atoms with E-state index in [0.717, 1.165) is 22.8 Å². The number of rotatable bonds is 4. The summed E-state index contributed by atoms with van der Waals surface area (Å²) in [5, 5.41) is 4.51. The molecule has 3 rings (SSSR count). The zero-order valence-corrected chi connectivity index (χ0v) is 11.9. The molecule has 7 nitrogen and oxygen atoms in total. The minimum atomic E-state index is 0.558. The van der Waals surface area contributed by atoms with E-state index in [1.807, 2.05) is 19.9 Å². The minimum Gasteiger partial charge on any atom is -0.354 e. The van der Waals surface area contributed by atoms with Crippen LogP contribution in [0, 0.1) is 6.92 Å². The smallest absolute Gasteiger partial charge is 0.225 e. The Labute approximate surface area is 119 Å². The summed E-state index contributed by atoms with van der Waals surface area (Å²) in [5.74, 6) is 0.558. The van der Waals surface area contributed by atoms with E-state index in [-0.39, 0.29) is 0 Å². The summed E-state index contributed by atoms with van der Waals surface area (Å²) in [6.45, 7) is 4.68. The van der Waals surface area contributed by atoms with Crippen LogP contribution in [0.3, 0.4) is 0 Å². The summed E-state index contributed by atoms with van der Waals surface area (Å²) < 4.78 is 0. The van der Waals surface area contributed by atoms with Gasteiger partial charge in [0.15, 0.2) is 10.8 Å². The molecule has 0 aliphatic carbocycles. The molecule has 0 atom stereocenters. The first-order valence-electron chi connectivity index (χ1n) is 6.18. The molecule has 0 unspecified atom stereocenters. The maximum atomic E-state index is 4.48. The van der Waals surface area contributed by atoms with Crippen molar-refractivity contribution in [2.75, 3.05) is 11.9 Å². The van der Waals surface area contributed by atoms with Crippen molar-refractivity contribution in [2.45, 2.75) is 24.0 Å². The Hall–Kier alpha value is -2.22. The van der Waals surface area contributed by atoms with E-state index in [4.69, 9.17) is 0 Å². The third-order valence-electron chi connectivity index (χ3n) is 2.55. The van der Waals surface area contributed by atoms with E-state index in [9.17, 15) is 0 Å². The van der Waals surface area contributed by atoms with Crippen LogP contribution >= 0.6 is 11.8 Å². The molecule has 0 bridgehead atoms. The Morgan fingerprint density at radius 2 is 2.15 bits per heavy atom. The molecule has 0 saturated carbocycles. The van der Waals surface area contributed by atoms with Crippen LogP contribution in [0.4, 0.5) is 5.95 Å². The molecule has 3 aromatic heterocycles. The quantitative estimate of drug-likeness (QED) is 0.560. The Kier molecular flexibility index (Phi) is 3.46. The molecular weight excluding hydrogens is 274 g/mol. The lowest BCUT2D eigenvalue weighted by Gasteiger charge is -2.05. The van der Waals surface area contributed by atoms with Crippen LogP contribution in [0.15, 0.2) is 28.8 Å². The number of hydrogen-bond donors (Lipinski definition) is 2. The molecule has 8 heteroatoms. The van der Waals surface area contributed by atoms with Gasteiger partial charge >= 0.3 is 0 Å². The Bertz CT molecular complexity index is 740. The fourth-order valence-electron chi connectivity index (χ4n) is 1.68. The second-order valence-electron chi connectivity index (χ2n) is 4.07. The molecule has 0 radical (unpaired) electrons. The molecule has 0 spiro atoms. The number of imidazole rings is 1. The SMILES string of the molecule is CCNc1nc(Sc2nccc(C)n2)c2[nH]cnc2n1. The van der Waals surface area contributed by atoms with E-state index >= 15 is 0 Å². The van der Waals surface area contributed by atoms with Gasteiger partial charge in [0, 0.05) is 18.4 Å². The molecule has 102 valence electrons. The predicted octanol–water partition coefficient (Wildman–Crippen LogP) is 2.03. The lowest BCUT2D eigenvalue weighted by molar-refractivity contribution is 0.927. The summed E-state index contributed by atoms with van der Waals surface area (Å²) in [7, 11) is 0. The molecule has 0 aromatic carbocycles. The van der Waals surface area contributed by atoms with Crippen LogP contribution in [-0.2, 0) is 0 Å². The van der Waals surface area contributed by atoms with Gasteiger partial charge in [0.1, 0.15) is 10.5 Å². The molecule has 2 N–H and O–H groups in total. The molecular formula is C12H13N7S. The molecule has 0 aliphatic rings. The summed E-state index contributed by atoms with van der Waals surface area (Å²) in [5.41, 5.74) is 2.34. The highest BCUT2D eigenvalue weighted by atomic mass is 32.2. The number of aromatic amines is 1. The number of nitrogens with zero attached hydrogens (tertiary/aromatic N) is 5. The van der Waals surface area contributed by atoms with Crippen molar-refractivity contribution in [3.63, 3.8) is 0 Å². The van der Waals surface area contributed by atoms with Crippen LogP contribution in [0.5, 0.6) is 0 Å². The highest BCUT2D eigenvalue weighted by Crippen LogP contribution is 2.28. The number of aromatic nitrogens is 6. The molecule has 0 fully saturated rings.